The molecule has 0 bridgehead atoms. The standard InChI is InChI=1S/C9H6BrF3INO3/c1-17-8(16)6-4(2-10)7(14)15-3-5(6)18-9(11,12)13/h3H,2H2,1H3. The first kappa shape index (κ1) is 15.5. The van der Waals surface area contributed by atoms with E-state index in [0.717, 1.165) is 13.3 Å². The first-order chi connectivity index (χ1) is 8.30. The predicted molar refractivity (Wildman–Crippen MR) is 67.6 cm³/mol. The van der Waals surface area contributed by atoms with Gasteiger partial charge in [-0.1, -0.05) is 15.9 Å². The first-order valence-electron chi connectivity index (χ1n) is 4.37. The molecule has 0 aliphatic heterocycles. The topological polar surface area (TPSA) is 48.4 Å². The fourth-order valence-corrected chi connectivity index (χ4v) is 2.83. The zero-order valence-electron chi connectivity index (χ0n) is 8.85. The Balaban J connectivity index is 3.38. The molecule has 1 aromatic heterocycles. The lowest BCUT2D eigenvalue weighted by molar-refractivity contribution is -0.274. The maximum Gasteiger partial charge on any atom is 0.573 e. The van der Waals surface area contributed by atoms with Gasteiger partial charge in [0.05, 0.1) is 13.3 Å². The minimum Gasteiger partial charge on any atom is -0.465 e. The number of hydrogen-bond acceptors (Lipinski definition) is 4. The molecule has 1 rings (SSSR count). The van der Waals surface area contributed by atoms with Crippen LogP contribution >= 0.6 is 38.5 Å². The molecule has 18 heavy (non-hydrogen) atoms. The van der Waals surface area contributed by atoms with E-state index in [-0.39, 0.29) is 16.5 Å². The van der Waals surface area contributed by atoms with Gasteiger partial charge in [-0.15, -0.1) is 13.2 Å². The van der Waals surface area contributed by atoms with Gasteiger partial charge in [-0.3, -0.25) is 0 Å². The molecule has 0 aromatic carbocycles. The summed E-state index contributed by atoms with van der Waals surface area (Å²) >= 11 is 4.89. The average Bonchev–Trinajstić information content (AvgIpc) is 2.28. The highest BCUT2D eigenvalue weighted by Gasteiger charge is 2.34. The molecule has 0 radical (unpaired) electrons. The van der Waals surface area contributed by atoms with E-state index in [1.54, 1.807) is 22.6 Å². The molecular weight excluding hydrogens is 434 g/mol. The number of ether oxygens (including phenoxy) is 2. The van der Waals surface area contributed by atoms with Gasteiger partial charge in [0.2, 0.25) is 0 Å². The van der Waals surface area contributed by atoms with Crippen molar-refractivity contribution in [1.82, 2.24) is 4.98 Å². The normalized spacial score (nSPS) is 11.2. The summed E-state index contributed by atoms with van der Waals surface area (Å²) in [5.74, 6) is -1.59. The summed E-state index contributed by atoms with van der Waals surface area (Å²) in [6, 6.07) is 0. The van der Waals surface area contributed by atoms with Gasteiger partial charge in [0.25, 0.3) is 0 Å². The Kier molecular flexibility index (Phi) is 5.20. The van der Waals surface area contributed by atoms with Crippen LogP contribution in [0.5, 0.6) is 5.75 Å². The predicted octanol–water partition coefficient (Wildman–Crippen LogP) is 3.27. The molecule has 0 aliphatic carbocycles. The fraction of sp³-hybridized carbons (Fsp3) is 0.333. The van der Waals surface area contributed by atoms with E-state index in [9.17, 15) is 18.0 Å². The molecule has 0 aliphatic rings. The summed E-state index contributed by atoms with van der Waals surface area (Å²) in [5, 5.41) is 0.151. The SMILES string of the molecule is COC(=O)c1c(OC(F)(F)F)cnc(I)c1CBr. The van der Waals surface area contributed by atoms with E-state index < -0.39 is 18.1 Å². The number of methoxy groups -OCH3 is 1. The Morgan fingerprint density at radius 3 is 2.61 bits per heavy atom. The second-order valence-electron chi connectivity index (χ2n) is 2.94. The van der Waals surface area contributed by atoms with Crippen molar-refractivity contribution in [3.05, 3.63) is 21.0 Å². The highest BCUT2D eigenvalue weighted by molar-refractivity contribution is 14.1. The molecule has 0 fully saturated rings. The quantitative estimate of drug-likeness (QED) is 0.314. The molecular formula is C9H6BrF3INO3. The molecule has 0 saturated heterocycles. The van der Waals surface area contributed by atoms with Crippen LogP contribution in [0.3, 0.4) is 0 Å². The zero-order valence-corrected chi connectivity index (χ0v) is 12.6. The van der Waals surface area contributed by atoms with E-state index in [4.69, 9.17) is 0 Å². The lowest BCUT2D eigenvalue weighted by Gasteiger charge is -2.14. The molecule has 0 N–H and O–H groups in total. The van der Waals surface area contributed by atoms with E-state index in [1.807, 2.05) is 0 Å². The molecule has 1 heterocycles. The molecule has 0 unspecified atom stereocenters. The lowest BCUT2D eigenvalue weighted by atomic mass is 10.1. The van der Waals surface area contributed by atoms with Gasteiger partial charge >= 0.3 is 12.3 Å². The van der Waals surface area contributed by atoms with Crippen molar-refractivity contribution < 1.29 is 27.4 Å². The second-order valence-corrected chi connectivity index (χ2v) is 4.52. The van der Waals surface area contributed by atoms with Crippen LogP contribution in [0.15, 0.2) is 6.20 Å². The van der Waals surface area contributed by atoms with Gasteiger partial charge in [-0.2, -0.15) is 0 Å². The molecule has 4 nitrogen and oxygen atoms in total. The maximum absolute atomic E-state index is 12.2. The van der Waals surface area contributed by atoms with Gasteiger partial charge in [0.1, 0.15) is 9.26 Å². The summed E-state index contributed by atoms with van der Waals surface area (Å²) in [5.41, 5.74) is -0.00435. The third-order valence-electron chi connectivity index (χ3n) is 1.84. The minimum absolute atomic E-state index is 0.151. The van der Waals surface area contributed by atoms with Gasteiger partial charge in [-0.25, -0.2) is 9.78 Å². The molecule has 100 valence electrons. The summed E-state index contributed by atoms with van der Waals surface area (Å²) in [7, 11) is 1.07. The van der Waals surface area contributed by atoms with Crippen LogP contribution in [0.2, 0.25) is 0 Å². The Morgan fingerprint density at radius 2 is 2.17 bits per heavy atom. The third kappa shape index (κ3) is 3.70. The molecule has 0 amide bonds. The van der Waals surface area contributed by atoms with Gasteiger partial charge in [-0.05, 0) is 22.6 Å². The van der Waals surface area contributed by atoms with E-state index in [0.29, 0.717) is 3.70 Å². The minimum atomic E-state index is -4.90. The maximum atomic E-state index is 12.2. The molecule has 9 heteroatoms. The number of esters is 1. The van der Waals surface area contributed by atoms with Crippen molar-refractivity contribution in [2.45, 2.75) is 11.7 Å². The number of halogens is 5. The molecule has 0 saturated carbocycles. The summed E-state index contributed by atoms with van der Waals surface area (Å²) in [4.78, 5) is 15.3. The van der Waals surface area contributed by atoms with Crippen molar-refractivity contribution in [2.24, 2.45) is 0 Å². The van der Waals surface area contributed by atoms with Crippen molar-refractivity contribution in [3.63, 3.8) is 0 Å². The van der Waals surface area contributed by atoms with Crippen molar-refractivity contribution in [3.8, 4) is 5.75 Å². The number of carbonyl (C=O) groups is 1. The van der Waals surface area contributed by atoms with Crippen molar-refractivity contribution >= 4 is 44.5 Å². The number of nitrogens with zero attached hydrogens (tertiary/aromatic N) is 1. The summed E-state index contributed by atoms with van der Waals surface area (Å²) in [6.07, 6.45) is -4.06. The number of aromatic nitrogens is 1. The summed E-state index contributed by atoms with van der Waals surface area (Å²) < 4.78 is 45.2. The molecule has 1 aromatic rings. The van der Waals surface area contributed by atoms with Gasteiger partial charge in [0.15, 0.2) is 5.75 Å². The van der Waals surface area contributed by atoms with Crippen LogP contribution in [0.4, 0.5) is 13.2 Å². The Hall–Kier alpha value is -0.580. The zero-order chi connectivity index (χ0) is 13.9. The first-order valence-corrected chi connectivity index (χ1v) is 6.57. The van der Waals surface area contributed by atoms with Crippen LogP contribution in [0.25, 0.3) is 0 Å². The number of alkyl halides is 4. The number of hydrogen-bond donors (Lipinski definition) is 0. The molecule has 0 spiro atoms. The highest BCUT2D eigenvalue weighted by Crippen LogP contribution is 2.31. The van der Waals surface area contributed by atoms with Crippen LogP contribution in [0, 0.1) is 3.70 Å². The van der Waals surface area contributed by atoms with E-state index in [1.165, 1.54) is 0 Å². The number of carbonyl (C=O) groups excluding carboxylic acids is 1. The Morgan fingerprint density at radius 1 is 1.56 bits per heavy atom. The van der Waals surface area contributed by atoms with E-state index >= 15 is 0 Å². The van der Waals surface area contributed by atoms with Crippen molar-refractivity contribution in [2.75, 3.05) is 7.11 Å². The van der Waals surface area contributed by atoms with Crippen LogP contribution in [0.1, 0.15) is 15.9 Å². The van der Waals surface area contributed by atoms with Crippen LogP contribution in [-0.2, 0) is 10.1 Å². The van der Waals surface area contributed by atoms with E-state index in [2.05, 4.69) is 30.4 Å². The monoisotopic (exact) mass is 439 g/mol. The van der Waals surface area contributed by atoms with Crippen molar-refractivity contribution in [1.29, 1.82) is 0 Å². The third-order valence-corrected chi connectivity index (χ3v) is 3.33. The smallest absolute Gasteiger partial charge is 0.465 e. The van der Waals surface area contributed by atoms with Gasteiger partial charge < -0.3 is 9.47 Å². The summed E-state index contributed by atoms with van der Waals surface area (Å²) in [6.45, 7) is 0. The van der Waals surface area contributed by atoms with Crippen LogP contribution < -0.4 is 4.74 Å². The lowest BCUT2D eigenvalue weighted by Crippen LogP contribution is -2.21. The highest BCUT2D eigenvalue weighted by atomic mass is 127. The largest absolute Gasteiger partial charge is 0.573 e. The Labute approximate surface area is 122 Å². The fourth-order valence-electron chi connectivity index (χ4n) is 1.16. The van der Waals surface area contributed by atoms with Crippen LogP contribution in [-0.4, -0.2) is 24.4 Å². The Bertz CT molecular complexity index is 467. The number of pyridine rings is 1. The molecule has 0 atom stereocenters. The second kappa shape index (κ2) is 6.04. The average molecular weight is 440 g/mol. The van der Waals surface area contributed by atoms with Gasteiger partial charge in [0, 0.05) is 10.9 Å². The number of rotatable bonds is 3.